The normalized spacial score (nSPS) is 10.4. The number of carbonyl (C=O) groups is 2. The van der Waals surface area contributed by atoms with Crippen LogP contribution in [-0.4, -0.2) is 33.5 Å². The van der Waals surface area contributed by atoms with Crippen LogP contribution in [0, 0.1) is 20.2 Å². The van der Waals surface area contributed by atoms with Crippen LogP contribution in [0.1, 0.15) is 61.4 Å². The minimum Gasteiger partial charge on any atom is -0.478 e. The Morgan fingerprint density at radius 1 is 1.03 bits per heavy atom. The van der Waals surface area contributed by atoms with E-state index in [1.807, 2.05) is 0 Å². The molecule has 10 heteroatoms. The molecule has 0 aromatic heterocycles. The zero-order valence-electron chi connectivity index (χ0n) is 16.2. The van der Waals surface area contributed by atoms with Crippen molar-refractivity contribution in [1.82, 2.24) is 0 Å². The SMILES string of the molecule is C=C(C)C(=O)OCCCCCCCCc1c(C(=O)O)cc([N+](=O)[O-])cc1[N+](=O)[O-]. The maximum absolute atomic E-state index is 11.4. The number of hydrogen-bond donors (Lipinski definition) is 1. The molecule has 1 aromatic rings. The van der Waals surface area contributed by atoms with E-state index in [0.717, 1.165) is 44.2 Å². The Kier molecular flexibility index (Phi) is 9.43. The molecule has 0 bridgehead atoms. The first-order valence-corrected chi connectivity index (χ1v) is 9.16. The number of hydrogen-bond acceptors (Lipinski definition) is 7. The summed E-state index contributed by atoms with van der Waals surface area (Å²) in [6, 6.07) is 1.66. The fraction of sp³-hybridized carbons (Fsp3) is 0.474. The van der Waals surface area contributed by atoms with E-state index in [0.29, 0.717) is 18.6 Å². The monoisotopic (exact) mass is 408 g/mol. The van der Waals surface area contributed by atoms with Gasteiger partial charge in [0.1, 0.15) is 0 Å². The van der Waals surface area contributed by atoms with Crippen molar-refractivity contribution in [2.45, 2.75) is 51.9 Å². The van der Waals surface area contributed by atoms with Gasteiger partial charge in [-0.3, -0.25) is 20.2 Å². The Hall–Kier alpha value is -3.30. The maximum atomic E-state index is 11.4. The van der Waals surface area contributed by atoms with Crippen molar-refractivity contribution in [2.24, 2.45) is 0 Å². The lowest BCUT2D eigenvalue weighted by atomic mass is 9.98. The van der Waals surface area contributed by atoms with Crippen LogP contribution in [0.25, 0.3) is 0 Å². The largest absolute Gasteiger partial charge is 0.478 e. The number of carbonyl (C=O) groups excluding carboxylic acids is 1. The predicted octanol–water partition coefficient (Wildman–Crippen LogP) is 4.20. The topological polar surface area (TPSA) is 150 Å². The summed E-state index contributed by atoms with van der Waals surface area (Å²) < 4.78 is 4.98. The van der Waals surface area contributed by atoms with E-state index >= 15 is 0 Å². The van der Waals surface area contributed by atoms with Gasteiger partial charge in [0.15, 0.2) is 0 Å². The molecule has 0 saturated carbocycles. The summed E-state index contributed by atoms with van der Waals surface area (Å²) in [6.45, 7) is 5.39. The minimum atomic E-state index is -1.43. The van der Waals surface area contributed by atoms with Crippen LogP contribution in [0.2, 0.25) is 0 Å². The number of unbranched alkanes of at least 4 members (excludes halogenated alkanes) is 5. The number of carboxylic acid groups (broad SMARTS) is 1. The molecular weight excluding hydrogens is 384 g/mol. The van der Waals surface area contributed by atoms with Gasteiger partial charge in [-0.1, -0.05) is 32.3 Å². The third-order valence-corrected chi connectivity index (χ3v) is 4.25. The fourth-order valence-corrected chi connectivity index (χ4v) is 2.76. The number of benzene rings is 1. The number of ether oxygens (including phenoxy) is 1. The average Bonchev–Trinajstić information content (AvgIpc) is 2.65. The highest BCUT2D eigenvalue weighted by Gasteiger charge is 2.26. The van der Waals surface area contributed by atoms with Crippen LogP contribution in [-0.2, 0) is 16.0 Å². The first kappa shape index (κ1) is 23.7. The Bertz CT molecular complexity index is 768. The molecule has 158 valence electrons. The van der Waals surface area contributed by atoms with E-state index in [-0.39, 0.29) is 12.0 Å². The standard InChI is InChI=1S/C19H24N2O8/c1-13(2)19(24)29-10-8-6-4-3-5-7-9-15-16(18(22)23)11-14(20(25)26)12-17(15)21(27)28/h11-12H,1,3-10H2,2H3,(H,22,23). The van der Waals surface area contributed by atoms with Crippen LogP contribution >= 0.6 is 0 Å². The third-order valence-electron chi connectivity index (χ3n) is 4.25. The Balaban J connectivity index is 2.54. The molecular formula is C19H24N2O8. The highest BCUT2D eigenvalue weighted by molar-refractivity contribution is 5.91. The van der Waals surface area contributed by atoms with Gasteiger partial charge in [0, 0.05) is 17.2 Å². The molecule has 1 aromatic carbocycles. The first-order chi connectivity index (χ1) is 13.6. The van der Waals surface area contributed by atoms with Gasteiger partial charge in [0.05, 0.1) is 28.1 Å². The molecule has 1 rings (SSSR count). The summed E-state index contributed by atoms with van der Waals surface area (Å²) in [4.78, 5) is 43.1. The Labute approximate surface area is 167 Å². The van der Waals surface area contributed by atoms with E-state index in [9.17, 15) is 34.9 Å². The summed E-state index contributed by atoms with van der Waals surface area (Å²) in [5.74, 6) is -1.85. The Morgan fingerprint density at radius 3 is 2.14 bits per heavy atom. The summed E-state index contributed by atoms with van der Waals surface area (Å²) in [6.07, 6.45) is 4.66. The molecule has 0 unspecified atom stereocenters. The van der Waals surface area contributed by atoms with Crippen molar-refractivity contribution < 1.29 is 29.3 Å². The number of rotatable bonds is 13. The van der Waals surface area contributed by atoms with Crippen molar-refractivity contribution in [3.05, 3.63) is 55.6 Å². The number of esters is 1. The molecule has 29 heavy (non-hydrogen) atoms. The molecule has 0 aliphatic heterocycles. The molecule has 10 nitrogen and oxygen atoms in total. The quantitative estimate of drug-likeness (QED) is 0.168. The second-order valence-corrected chi connectivity index (χ2v) is 6.60. The van der Waals surface area contributed by atoms with Crippen molar-refractivity contribution in [1.29, 1.82) is 0 Å². The van der Waals surface area contributed by atoms with E-state index in [1.165, 1.54) is 0 Å². The van der Waals surface area contributed by atoms with Crippen molar-refractivity contribution >= 4 is 23.3 Å². The molecule has 0 heterocycles. The number of nitro benzene ring substituents is 2. The van der Waals surface area contributed by atoms with Gasteiger partial charge in [-0.25, -0.2) is 9.59 Å². The van der Waals surface area contributed by atoms with Gasteiger partial charge >= 0.3 is 11.9 Å². The number of aromatic carboxylic acids is 1. The number of nitrogens with zero attached hydrogens (tertiary/aromatic N) is 2. The molecule has 1 N–H and O–H groups in total. The van der Waals surface area contributed by atoms with Crippen molar-refractivity contribution in [3.63, 3.8) is 0 Å². The molecule has 0 saturated heterocycles. The van der Waals surface area contributed by atoms with Gasteiger partial charge in [-0.05, 0) is 26.2 Å². The van der Waals surface area contributed by atoms with Gasteiger partial charge in [-0.2, -0.15) is 0 Å². The molecule has 0 fully saturated rings. The number of non-ortho nitro benzene ring substituents is 1. The van der Waals surface area contributed by atoms with Gasteiger partial charge in [-0.15, -0.1) is 0 Å². The van der Waals surface area contributed by atoms with Crippen LogP contribution in [0.5, 0.6) is 0 Å². The fourth-order valence-electron chi connectivity index (χ4n) is 2.76. The van der Waals surface area contributed by atoms with Gasteiger partial charge in [0.2, 0.25) is 0 Å². The predicted molar refractivity (Wildman–Crippen MR) is 104 cm³/mol. The highest BCUT2D eigenvalue weighted by Crippen LogP contribution is 2.30. The van der Waals surface area contributed by atoms with Crippen LogP contribution in [0.3, 0.4) is 0 Å². The minimum absolute atomic E-state index is 0.000178. The second kappa shape index (κ2) is 11.5. The summed E-state index contributed by atoms with van der Waals surface area (Å²) in [7, 11) is 0. The lowest BCUT2D eigenvalue weighted by molar-refractivity contribution is -0.394. The zero-order chi connectivity index (χ0) is 22.0. The van der Waals surface area contributed by atoms with E-state index < -0.39 is 38.7 Å². The van der Waals surface area contributed by atoms with E-state index in [2.05, 4.69) is 6.58 Å². The lowest BCUT2D eigenvalue weighted by Crippen LogP contribution is -2.08. The van der Waals surface area contributed by atoms with Crippen LogP contribution in [0.15, 0.2) is 24.3 Å². The van der Waals surface area contributed by atoms with Crippen molar-refractivity contribution in [2.75, 3.05) is 6.61 Å². The highest BCUT2D eigenvalue weighted by atomic mass is 16.6. The summed E-state index contributed by atoms with van der Waals surface area (Å²) in [5.41, 5.74) is -1.22. The molecule has 0 aliphatic carbocycles. The van der Waals surface area contributed by atoms with E-state index in [1.54, 1.807) is 6.92 Å². The number of nitro groups is 2. The first-order valence-electron chi connectivity index (χ1n) is 9.16. The number of carboxylic acids is 1. The second-order valence-electron chi connectivity index (χ2n) is 6.60. The molecule has 0 aliphatic rings. The smallest absolute Gasteiger partial charge is 0.336 e. The van der Waals surface area contributed by atoms with Gasteiger partial charge < -0.3 is 9.84 Å². The average molecular weight is 408 g/mol. The molecule has 0 spiro atoms. The van der Waals surface area contributed by atoms with Crippen LogP contribution in [0.4, 0.5) is 11.4 Å². The van der Waals surface area contributed by atoms with Crippen molar-refractivity contribution in [3.8, 4) is 0 Å². The summed E-state index contributed by atoms with van der Waals surface area (Å²) >= 11 is 0. The van der Waals surface area contributed by atoms with Crippen LogP contribution < -0.4 is 0 Å². The maximum Gasteiger partial charge on any atom is 0.336 e. The summed E-state index contributed by atoms with van der Waals surface area (Å²) in [5, 5.41) is 31.4. The molecule has 0 atom stereocenters. The molecule has 0 amide bonds. The van der Waals surface area contributed by atoms with E-state index in [4.69, 9.17) is 4.74 Å². The zero-order valence-corrected chi connectivity index (χ0v) is 16.2. The third kappa shape index (κ3) is 7.68. The molecule has 0 radical (unpaired) electrons. The lowest BCUT2D eigenvalue weighted by Gasteiger charge is -2.08. The van der Waals surface area contributed by atoms with Gasteiger partial charge in [0.25, 0.3) is 11.4 Å². The Morgan fingerprint density at radius 2 is 1.62 bits per heavy atom.